The summed E-state index contributed by atoms with van der Waals surface area (Å²) in [5.74, 6) is 1.66. The molecule has 156 valence electrons. The van der Waals surface area contributed by atoms with Crippen LogP contribution in [-0.2, 0) is 19.5 Å². The molecule has 1 amide bonds. The summed E-state index contributed by atoms with van der Waals surface area (Å²) in [5, 5.41) is 0. The first-order chi connectivity index (χ1) is 14.6. The van der Waals surface area contributed by atoms with Crippen LogP contribution in [0.25, 0.3) is 11.4 Å². The summed E-state index contributed by atoms with van der Waals surface area (Å²) in [6.45, 7) is 3.44. The van der Waals surface area contributed by atoms with Crippen molar-refractivity contribution in [2.24, 2.45) is 0 Å². The van der Waals surface area contributed by atoms with Gasteiger partial charge in [-0.05, 0) is 32.3 Å². The van der Waals surface area contributed by atoms with Gasteiger partial charge < -0.3 is 14.2 Å². The Morgan fingerprint density at radius 3 is 2.70 bits per heavy atom. The number of ether oxygens (including phenoxy) is 1. The van der Waals surface area contributed by atoms with E-state index < -0.39 is 0 Å². The number of methoxy groups -OCH3 is 1. The summed E-state index contributed by atoms with van der Waals surface area (Å²) >= 11 is 0. The lowest BCUT2D eigenvalue weighted by Gasteiger charge is -2.19. The highest BCUT2D eigenvalue weighted by atomic mass is 16.5. The quantitative estimate of drug-likeness (QED) is 0.611. The molecule has 2 aromatic carbocycles. The van der Waals surface area contributed by atoms with Gasteiger partial charge in [0.15, 0.2) is 0 Å². The number of fused-ring (bicyclic) bond motifs is 1. The summed E-state index contributed by atoms with van der Waals surface area (Å²) in [5.41, 5.74) is 4.86. The molecule has 0 radical (unpaired) electrons. The van der Waals surface area contributed by atoms with Crippen molar-refractivity contribution in [3.8, 4) is 17.1 Å². The van der Waals surface area contributed by atoms with Crippen molar-refractivity contribution in [3.05, 3.63) is 71.0 Å². The maximum absolute atomic E-state index is 13.5. The van der Waals surface area contributed by atoms with E-state index in [4.69, 9.17) is 9.72 Å². The number of aromatic nitrogens is 2. The third kappa shape index (κ3) is 3.97. The fraction of sp³-hybridized carbons (Fsp3) is 0.360. The first-order valence-corrected chi connectivity index (χ1v) is 10.6. The standard InChI is InChI=1S/C25H29N3O2/c1-18-13-14-22(30-3)20(16-18)17-27(2)25(29)23-21-12-8-5-9-15-28(21)24(26-23)19-10-6-4-7-11-19/h4,6-7,10-11,13-14,16H,5,8-9,12,15,17H2,1-3H3. The zero-order valence-corrected chi connectivity index (χ0v) is 18.0. The molecule has 0 N–H and O–H groups in total. The molecular weight excluding hydrogens is 374 g/mol. The molecule has 0 spiro atoms. The van der Waals surface area contributed by atoms with Gasteiger partial charge in [-0.15, -0.1) is 0 Å². The van der Waals surface area contributed by atoms with E-state index in [9.17, 15) is 4.79 Å². The van der Waals surface area contributed by atoms with Crippen LogP contribution in [0.4, 0.5) is 0 Å². The number of hydrogen-bond donors (Lipinski definition) is 0. The van der Waals surface area contributed by atoms with E-state index in [-0.39, 0.29) is 5.91 Å². The van der Waals surface area contributed by atoms with Crippen LogP contribution in [0.1, 0.15) is 46.6 Å². The minimum absolute atomic E-state index is 0.0357. The summed E-state index contributed by atoms with van der Waals surface area (Å²) in [6.07, 6.45) is 4.28. The first-order valence-electron chi connectivity index (χ1n) is 10.6. The van der Waals surface area contributed by atoms with Gasteiger partial charge in [-0.3, -0.25) is 4.79 Å². The number of nitrogens with zero attached hydrogens (tertiary/aromatic N) is 3. The molecule has 5 nitrogen and oxygen atoms in total. The third-order valence-electron chi connectivity index (χ3n) is 5.79. The fourth-order valence-corrected chi connectivity index (χ4v) is 4.24. The van der Waals surface area contributed by atoms with Crippen molar-refractivity contribution in [3.63, 3.8) is 0 Å². The van der Waals surface area contributed by atoms with E-state index in [2.05, 4.69) is 22.8 Å². The Morgan fingerprint density at radius 2 is 1.93 bits per heavy atom. The first kappa shape index (κ1) is 20.2. The predicted molar refractivity (Wildman–Crippen MR) is 119 cm³/mol. The number of hydrogen-bond acceptors (Lipinski definition) is 3. The van der Waals surface area contributed by atoms with E-state index in [0.29, 0.717) is 12.2 Å². The molecular formula is C25H29N3O2. The summed E-state index contributed by atoms with van der Waals surface area (Å²) < 4.78 is 7.76. The van der Waals surface area contributed by atoms with Crippen LogP contribution in [0, 0.1) is 6.92 Å². The normalized spacial score (nSPS) is 13.4. The second-order valence-electron chi connectivity index (χ2n) is 8.04. The Balaban J connectivity index is 1.69. The molecule has 0 unspecified atom stereocenters. The average molecular weight is 404 g/mol. The van der Waals surface area contributed by atoms with Crippen molar-refractivity contribution >= 4 is 5.91 Å². The third-order valence-corrected chi connectivity index (χ3v) is 5.79. The highest BCUT2D eigenvalue weighted by Crippen LogP contribution is 2.28. The lowest BCUT2D eigenvalue weighted by Crippen LogP contribution is -2.28. The number of aryl methyl sites for hydroxylation is 1. The van der Waals surface area contributed by atoms with Gasteiger partial charge in [0.05, 0.1) is 12.8 Å². The number of benzene rings is 2. The van der Waals surface area contributed by atoms with Gasteiger partial charge in [-0.2, -0.15) is 0 Å². The van der Waals surface area contributed by atoms with E-state index in [0.717, 1.165) is 59.8 Å². The lowest BCUT2D eigenvalue weighted by atomic mass is 10.1. The number of carbonyl (C=O) groups excluding carboxylic acids is 1. The molecule has 1 aliphatic rings. The van der Waals surface area contributed by atoms with Crippen LogP contribution < -0.4 is 4.74 Å². The average Bonchev–Trinajstić information content (AvgIpc) is 2.94. The monoisotopic (exact) mass is 403 g/mol. The minimum Gasteiger partial charge on any atom is -0.496 e. The van der Waals surface area contributed by atoms with Crippen molar-refractivity contribution < 1.29 is 9.53 Å². The zero-order chi connectivity index (χ0) is 21.1. The summed E-state index contributed by atoms with van der Waals surface area (Å²) in [6, 6.07) is 16.2. The van der Waals surface area contributed by atoms with E-state index in [1.807, 2.05) is 44.3 Å². The largest absolute Gasteiger partial charge is 0.496 e. The molecule has 0 aliphatic carbocycles. The number of carbonyl (C=O) groups is 1. The van der Waals surface area contributed by atoms with Gasteiger partial charge >= 0.3 is 0 Å². The number of imidazole rings is 1. The Bertz CT molecular complexity index is 1040. The fourth-order valence-electron chi connectivity index (χ4n) is 4.24. The second kappa shape index (κ2) is 8.74. The number of amides is 1. The van der Waals surface area contributed by atoms with Gasteiger partial charge in [0, 0.05) is 31.3 Å². The molecule has 0 bridgehead atoms. The summed E-state index contributed by atoms with van der Waals surface area (Å²) in [4.78, 5) is 20.1. The molecule has 2 heterocycles. The Labute approximate surface area is 178 Å². The molecule has 0 saturated carbocycles. The molecule has 0 saturated heterocycles. The maximum Gasteiger partial charge on any atom is 0.274 e. The summed E-state index contributed by atoms with van der Waals surface area (Å²) in [7, 11) is 3.51. The van der Waals surface area contributed by atoms with E-state index >= 15 is 0 Å². The van der Waals surface area contributed by atoms with Crippen LogP contribution in [0.15, 0.2) is 48.5 Å². The second-order valence-corrected chi connectivity index (χ2v) is 8.04. The van der Waals surface area contributed by atoms with Crippen molar-refractivity contribution in [1.82, 2.24) is 14.5 Å². The Morgan fingerprint density at radius 1 is 1.13 bits per heavy atom. The van der Waals surface area contributed by atoms with Crippen molar-refractivity contribution in [1.29, 1.82) is 0 Å². The molecule has 3 aromatic rings. The van der Waals surface area contributed by atoms with Crippen LogP contribution in [0.2, 0.25) is 0 Å². The predicted octanol–water partition coefficient (Wildman–Crippen LogP) is 4.87. The SMILES string of the molecule is COc1ccc(C)cc1CN(C)C(=O)c1nc(-c2ccccc2)n2c1CCCCC2. The lowest BCUT2D eigenvalue weighted by molar-refractivity contribution is 0.0777. The van der Waals surface area contributed by atoms with Gasteiger partial charge in [-0.25, -0.2) is 4.98 Å². The molecule has 4 rings (SSSR count). The topological polar surface area (TPSA) is 47.4 Å². The zero-order valence-electron chi connectivity index (χ0n) is 18.0. The molecule has 0 fully saturated rings. The molecule has 0 atom stereocenters. The highest BCUT2D eigenvalue weighted by molar-refractivity contribution is 5.94. The van der Waals surface area contributed by atoms with Gasteiger partial charge in [0.25, 0.3) is 5.91 Å². The molecule has 5 heteroatoms. The molecule has 1 aromatic heterocycles. The van der Waals surface area contributed by atoms with Gasteiger partial charge in [-0.1, -0.05) is 54.4 Å². The van der Waals surface area contributed by atoms with Crippen molar-refractivity contribution in [2.75, 3.05) is 14.2 Å². The van der Waals surface area contributed by atoms with Crippen LogP contribution in [0.5, 0.6) is 5.75 Å². The Hall–Kier alpha value is -3.08. The van der Waals surface area contributed by atoms with Gasteiger partial charge in [0.2, 0.25) is 0 Å². The molecule has 30 heavy (non-hydrogen) atoms. The Kier molecular flexibility index (Phi) is 5.88. The van der Waals surface area contributed by atoms with Crippen LogP contribution >= 0.6 is 0 Å². The van der Waals surface area contributed by atoms with Crippen molar-refractivity contribution in [2.45, 2.75) is 45.7 Å². The van der Waals surface area contributed by atoms with E-state index in [1.165, 1.54) is 6.42 Å². The molecule has 1 aliphatic heterocycles. The van der Waals surface area contributed by atoms with Crippen LogP contribution in [0.3, 0.4) is 0 Å². The maximum atomic E-state index is 13.5. The smallest absolute Gasteiger partial charge is 0.274 e. The van der Waals surface area contributed by atoms with E-state index in [1.54, 1.807) is 12.0 Å². The van der Waals surface area contributed by atoms with Gasteiger partial charge in [0.1, 0.15) is 17.3 Å². The highest BCUT2D eigenvalue weighted by Gasteiger charge is 2.26. The number of rotatable bonds is 5. The van der Waals surface area contributed by atoms with Crippen LogP contribution in [-0.4, -0.2) is 34.5 Å². The minimum atomic E-state index is -0.0357.